The van der Waals surface area contributed by atoms with Crippen LogP contribution < -0.4 is 0 Å². The van der Waals surface area contributed by atoms with Crippen LogP contribution in [-0.4, -0.2) is 16.0 Å². The molecule has 3 heteroatoms. The number of benzene rings is 2. The van der Waals surface area contributed by atoms with E-state index in [4.69, 9.17) is 5.11 Å². The number of hydrogen-bond acceptors (Lipinski definition) is 2. The van der Waals surface area contributed by atoms with Crippen molar-refractivity contribution in [1.82, 2.24) is 4.90 Å². The molecule has 0 aliphatic carbocycles. The average Bonchev–Trinajstić information content (AvgIpc) is 2.82. The van der Waals surface area contributed by atoms with Gasteiger partial charge in [-0.15, -0.1) is 0 Å². The van der Waals surface area contributed by atoms with E-state index in [1.807, 2.05) is 24.3 Å². The van der Waals surface area contributed by atoms with Crippen LogP contribution in [0.5, 0.6) is 0 Å². The van der Waals surface area contributed by atoms with Crippen molar-refractivity contribution in [3.8, 4) is 0 Å². The van der Waals surface area contributed by atoms with Crippen LogP contribution in [-0.2, 0) is 30.8 Å². The molecular weight excluding hydrogens is 250 g/mol. The van der Waals surface area contributed by atoms with Gasteiger partial charge in [0.15, 0.2) is 0 Å². The maximum atomic E-state index is 10.9. The van der Waals surface area contributed by atoms with Crippen molar-refractivity contribution < 1.29 is 9.90 Å². The largest absolute Gasteiger partial charge is 0.481 e. The molecule has 1 heterocycles. The van der Waals surface area contributed by atoms with Crippen LogP contribution in [0.2, 0.25) is 0 Å². The number of fused-ring (bicyclic) bond motifs is 1. The van der Waals surface area contributed by atoms with Crippen LogP contribution in [0.15, 0.2) is 48.5 Å². The second kappa shape index (κ2) is 5.47. The summed E-state index contributed by atoms with van der Waals surface area (Å²) in [5.41, 5.74) is 4.78. The smallest absolute Gasteiger partial charge is 0.307 e. The predicted octanol–water partition coefficient (Wildman–Crippen LogP) is 2.83. The Hall–Kier alpha value is -2.13. The van der Waals surface area contributed by atoms with E-state index in [-0.39, 0.29) is 6.42 Å². The summed E-state index contributed by atoms with van der Waals surface area (Å²) in [6.45, 7) is 2.69. The van der Waals surface area contributed by atoms with Gasteiger partial charge >= 0.3 is 5.97 Å². The van der Waals surface area contributed by atoms with E-state index in [0.29, 0.717) is 0 Å². The van der Waals surface area contributed by atoms with Gasteiger partial charge < -0.3 is 5.11 Å². The molecule has 0 aromatic heterocycles. The Morgan fingerprint density at radius 1 is 0.950 bits per heavy atom. The van der Waals surface area contributed by atoms with Crippen molar-refractivity contribution >= 4 is 5.97 Å². The Labute approximate surface area is 118 Å². The topological polar surface area (TPSA) is 40.5 Å². The lowest BCUT2D eigenvalue weighted by molar-refractivity contribution is -0.136. The van der Waals surface area contributed by atoms with Crippen LogP contribution in [0, 0.1) is 0 Å². The molecule has 0 saturated heterocycles. The number of carboxylic acids is 1. The lowest BCUT2D eigenvalue weighted by Gasteiger charge is -2.17. The van der Waals surface area contributed by atoms with E-state index < -0.39 is 5.97 Å². The summed E-state index contributed by atoms with van der Waals surface area (Å²) >= 11 is 0. The van der Waals surface area contributed by atoms with Crippen LogP contribution in [0.3, 0.4) is 0 Å². The van der Waals surface area contributed by atoms with E-state index in [1.54, 1.807) is 0 Å². The molecule has 1 N–H and O–H groups in total. The maximum Gasteiger partial charge on any atom is 0.307 e. The highest BCUT2D eigenvalue weighted by Gasteiger charge is 2.19. The first-order valence-corrected chi connectivity index (χ1v) is 6.80. The van der Waals surface area contributed by atoms with Gasteiger partial charge in [-0.2, -0.15) is 0 Å². The number of carbonyl (C=O) groups is 1. The molecule has 3 nitrogen and oxygen atoms in total. The second-order valence-electron chi connectivity index (χ2n) is 5.25. The summed E-state index contributed by atoms with van der Waals surface area (Å²) in [6, 6.07) is 16.3. The van der Waals surface area contributed by atoms with Crippen LogP contribution >= 0.6 is 0 Å². The fraction of sp³-hybridized carbons (Fsp3) is 0.235. The third kappa shape index (κ3) is 2.73. The lowest BCUT2D eigenvalue weighted by atomic mass is 10.0. The minimum absolute atomic E-state index is 0.0942. The molecule has 1 aliphatic heterocycles. The maximum absolute atomic E-state index is 10.9. The normalized spacial score (nSPS) is 14.2. The summed E-state index contributed by atoms with van der Waals surface area (Å²) in [5, 5.41) is 8.98. The molecular formula is C17H17NO2. The minimum Gasteiger partial charge on any atom is -0.481 e. The fourth-order valence-corrected chi connectivity index (χ4v) is 2.80. The molecule has 20 heavy (non-hydrogen) atoms. The van der Waals surface area contributed by atoms with Crippen molar-refractivity contribution in [2.75, 3.05) is 0 Å². The molecule has 0 spiro atoms. The standard InChI is InChI=1S/C17H17NO2/c19-17(20)9-13-5-1-2-6-14(13)10-18-11-15-7-3-4-8-16(15)12-18/h1-8H,9-12H2,(H,19,20). The molecule has 0 atom stereocenters. The quantitative estimate of drug-likeness (QED) is 0.926. The van der Waals surface area contributed by atoms with E-state index in [9.17, 15) is 4.79 Å². The molecule has 0 amide bonds. The average molecular weight is 267 g/mol. The van der Waals surface area contributed by atoms with Gasteiger partial charge in [-0.05, 0) is 22.3 Å². The monoisotopic (exact) mass is 267 g/mol. The molecule has 3 rings (SSSR count). The van der Waals surface area contributed by atoms with Crippen LogP contribution in [0.4, 0.5) is 0 Å². The Morgan fingerprint density at radius 2 is 1.50 bits per heavy atom. The number of hydrogen-bond donors (Lipinski definition) is 1. The SMILES string of the molecule is O=C(O)Cc1ccccc1CN1Cc2ccccc2C1. The highest BCUT2D eigenvalue weighted by molar-refractivity contribution is 5.70. The zero-order valence-electron chi connectivity index (χ0n) is 11.2. The van der Waals surface area contributed by atoms with E-state index >= 15 is 0 Å². The van der Waals surface area contributed by atoms with E-state index in [1.165, 1.54) is 11.1 Å². The molecule has 2 aromatic rings. The molecule has 1 aliphatic rings. The summed E-state index contributed by atoms with van der Waals surface area (Å²) in [4.78, 5) is 13.3. The Morgan fingerprint density at radius 3 is 2.10 bits per heavy atom. The molecule has 0 radical (unpaired) electrons. The van der Waals surface area contributed by atoms with Gasteiger partial charge in [-0.25, -0.2) is 0 Å². The molecule has 0 bridgehead atoms. The molecule has 0 unspecified atom stereocenters. The summed E-state index contributed by atoms with van der Waals surface area (Å²) < 4.78 is 0. The molecule has 102 valence electrons. The van der Waals surface area contributed by atoms with Gasteiger partial charge in [0.2, 0.25) is 0 Å². The first-order chi connectivity index (χ1) is 9.72. The number of carboxylic acid groups (broad SMARTS) is 1. The second-order valence-corrected chi connectivity index (χ2v) is 5.25. The Kier molecular flexibility index (Phi) is 3.52. The third-order valence-corrected chi connectivity index (χ3v) is 3.76. The summed E-state index contributed by atoms with van der Waals surface area (Å²) in [7, 11) is 0. The van der Waals surface area contributed by atoms with Crippen molar-refractivity contribution in [1.29, 1.82) is 0 Å². The van der Waals surface area contributed by atoms with Gasteiger partial charge in [-0.3, -0.25) is 9.69 Å². The van der Waals surface area contributed by atoms with Gasteiger partial charge in [0.1, 0.15) is 0 Å². The van der Waals surface area contributed by atoms with Crippen LogP contribution in [0.1, 0.15) is 22.3 Å². The van der Waals surface area contributed by atoms with Crippen molar-refractivity contribution in [2.24, 2.45) is 0 Å². The van der Waals surface area contributed by atoms with Crippen LogP contribution in [0.25, 0.3) is 0 Å². The summed E-state index contributed by atoms with van der Waals surface area (Å²) in [6.07, 6.45) is 0.0942. The minimum atomic E-state index is -0.776. The van der Waals surface area contributed by atoms with Gasteiger partial charge in [0, 0.05) is 19.6 Å². The van der Waals surface area contributed by atoms with Gasteiger partial charge in [-0.1, -0.05) is 48.5 Å². The summed E-state index contributed by atoms with van der Waals surface area (Å²) in [5.74, 6) is -0.776. The Bertz CT molecular complexity index is 611. The lowest BCUT2D eigenvalue weighted by Crippen LogP contribution is -2.17. The highest BCUT2D eigenvalue weighted by atomic mass is 16.4. The molecule has 0 fully saturated rings. The molecule has 0 saturated carbocycles. The zero-order valence-corrected chi connectivity index (χ0v) is 11.2. The number of nitrogens with zero attached hydrogens (tertiary/aromatic N) is 1. The number of rotatable bonds is 4. The zero-order chi connectivity index (χ0) is 13.9. The van der Waals surface area contributed by atoms with Crippen molar-refractivity contribution in [3.05, 3.63) is 70.8 Å². The van der Waals surface area contributed by atoms with E-state index in [2.05, 4.69) is 29.2 Å². The van der Waals surface area contributed by atoms with E-state index in [0.717, 1.165) is 30.8 Å². The first-order valence-electron chi connectivity index (χ1n) is 6.80. The van der Waals surface area contributed by atoms with Crippen molar-refractivity contribution in [2.45, 2.75) is 26.1 Å². The third-order valence-electron chi connectivity index (χ3n) is 3.76. The predicted molar refractivity (Wildman–Crippen MR) is 77.2 cm³/mol. The Balaban J connectivity index is 1.75. The fourth-order valence-electron chi connectivity index (χ4n) is 2.80. The van der Waals surface area contributed by atoms with Gasteiger partial charge in [0.05, 0.1) is 6.42 Å². The first kappa shape index (κ1) is 12.9. The highest BCUT2D eigenvalue weighted by Crippen LogP contribution is 2.24. The van der Waals surface area contributed by atoms with Crippen molar-refractivity contribution in [3.63, 3.8) is 0 Å². The van der Waals surface area contributed by atoms with Gasteiger partial charge in [0.25, 0.3) is 0 Å². The number of aliphatic carboxylic acids is 1. The molecule has 2 aromatic carbocycles.